The highest BCUT2D eigenvalue weighted by Crippen LogP contribution is 2.32. The molecule has 86 valence electrons. The van der Waals surface area contributed by atoms with E-state index in [2.05, 4.69) is 0 Å². The Hall–Kier alpha value is -1.22. The van der Waals surface area contributed by atoms with Crippen molar-refractivity contribution in [2.24, 2.45) is 5.92 Å². The highest BCUT2D eigenvalue weighted by atomic mass is 35.5. The van der Waals surface area contributed by atoms with Crippen molar-refractivity contribution >= 4 is 23.2 Å². The van der Waals surface area contributed by atoms with Gasteiger partial charge < -0.3 is 10.0 Å². The maximum absolute atomic E-state index is 11.7. The fourth-order valence-corrected chi connectivity index (χ4v) is 1.76. The molecule has 2 rings (SSSR count). The Morgan fingerprint density at radius 1 is 1.38 bits per heavy atom. The van der Waals surface area contributed by atoms with Crippen LogP contribution in [0, 0.1) is 5.92 Å². The number of phenols is 1. The first-order valence-corrected chi connectivity index (χ1v) is 5.89. The predicted molar refractivity (Wildman–Crippen MR) is 63.9 cm³/mol. The largest absolute Gasteiger partial charge is 0.508 e. The summed E-state index contributed by atoms with van der Waals surface area (Å²) in [4.78, 5) is 13.4. The molecule has 0 atom stereocenters. The number of hydrogen-bond donors (Lipinski definition) is 1. The molecule has 0 bridgehead atoms. The number of carbonyl (C=O) groups is 1. The second kappa shape index (κ2) is 4.74. The lowest BCUT2D eigenvalue weighted by Crippen LogP contribution is -2.33. The molecular formula is C12H14ClNO2. The maximum Gasteiger partial charge on any atom is 0.241 e. The first-order valence-electron chi connectivity index (χ1n) is 5.36. The van der Waals surface area contributed by atoms with Gasteiger partial charge in [-0.25, -0.2) is 0 Å². The Morgan fingerprint density at radius 3 is 2.50 bits per heavy atom. The van der Waals surface area contributed by atoms with Gasteiger partial charge >= 0.3 is 0 Å². The number of hydrogen-bond acceptors (Lipinski definition) is 2. The fraction of sp³-hybridized carbons (Fsp3) is 0.417. The normalized spacial score (nSPS) is 14.8. The van der Waals surface area contributed by atoms with Crippen molar-refractivity contribution in [1.82, 2.24) is 0 Å². The zero-order chi connectivity index (χ0) is 11.5. The third-order valence-corrected chi connectivity index (χ3v) is 2.94. The molecule has 1 aromatic rings. The Bertz CT molecular complexity index is 373. The third-order valence-electron chi connectivity index (χ3n) is 2.71. The molecule has 1 aliphatic rings. The zero-order valence-corrected chi connectivity index (χ0v) is 9.65. The van der Waals surface area contributed by atoms with E-state index in [1.807, 2.05) is 0 Å². The summed E-state index contributed by atoms with van der Waals surface area (Å²) in [5.41, 5.74) is 0.801. The third kappa shape index (κ3) is 2.67. The number of rotatable bonds is 4. The maximum atomic E-state index is 11.7. The number of benzene rings is 1. The van der Waals surface area contributed by atoms with Crippen LogP contribution in [-0.2, 0) is 4.79 Å². The van der Waals surface area contributed by atoms with Gasteiger partial charge in [-0.3, -0.25) is 4.79 Å². The zero-order valence-electron chi connectivity index (χ0n) is 8.90. The molecule has 0 aliphatic heterocycles. The lowest BCUT2D eigenvalue weighted by atomic mass is 10.2. The lowest BCUT2D eigenvalue weighted by Gasteiger charge is -2.21. The molecule has 16 heavy (non-hydrogen) atoms. The number of phenolic OH excluding ortho intramolecular Hbond substituents is 1. The van der Waals surface area contributed by atoms with Crippen LogP contribution in [0.4, 0.5) is 5.69 Å². The van der Waals surface area contributed by atoms with Crippen molar-refractivity contribution in [1.29, 1.82) is 0 Å². The van der Waals surface area contributed by atoms with Crippen molar-refractivity contribution < 1.29 is 9.90 Å². The van der Waals surface area contributed by atoms with E-state index in [4.69, 9.17) is 11.6 Å². The van der Waals surface area contributed by atoms with Crippen LogP contribution in [-0.4, -0.2) is 23.4 Å². The van der Waals surface area contributed by atoms with Gasteiger partial charge in [-0.1, -0.05) is 0 Å². The summed E-state index contributed by atoms with van der Waals surface area (Å²) in [7, 11) is 0. The molecule has 1 amide bonds. The molecule has 0 aromatic heterocycles. The molecule has 0 radical (unpaired) electrons. The lowest BCUT2D eigenvalue weighted by molar-refractivity contribution is -0.116. The monoisotopic (exact) mass is 239 g/mol. The van der Waals surface area contributed by atoms with Gasteiger partial charge in [-0.05, 0) is 43.0 Å². The number of carbonyl (C=O) groups excluding carboxylic acids is 1. The quantitative estimate of drug-likeness (QED) is 0.820. The average Bonchev–Trinajstić information content (AvgIpc) is 3.10. The minimum Gasteiger partial charge on any atom is -0.508 e. The van der Waals surface area contributed by atoms with Crippen LogP contribution in [0.2, 0.25) is 0 Å². The van der Waals surface area contributed by atoms with Gasteiger partial charge in [0.2, 0.25) is 5.91 Å². The molecule has 0 saturated heterocycles. The van der Waals surface area contributed by atoms with Gasteiger partial charge in [0.15, 0.2) is 0 Å². The standard InChI is InChI=1S/C12H14ClNO2/c13-7-12(16)14(8-9-1-2-9)10-3-5-11(15)6-4-10/h3-6,9,15H,1-2,7-8H2. The van der Waals surface area contributed by atoms with Crippen LogP contribution in [0.3, 0.4) is 0 Å². The first kappa shape index (κ1) is 11.3. The van der Waals surface area contributed by atoms with E-state index in [1.54, 1.807) is 29.2 Å². The smallest absolute Gasteiger partial charge is 0.241 e. The summed E-state index contributed by atoms with van der Waals surface area (Å²) >= 11 is 5.59. The fourth-order valence-electron chi connectivity index (χ4n) is 1.61. The summed E-state index contributed by atoms with van der Waals surface area (Å²) in [5, 5.41) is 9.20. The highest BCUT2D eigenvalue weighted by Gasteiger charge is 2.27. The van der Waals surface area contributed by atoms with Crippen LogP contribution in [0.5, 0.6) is 5.75 Å². The van der Waals surface area contributed by atoms with Crippen molar-refractivity contribution in [3.8, 4) is 5.75 Å². The number of amides is 1. The second-order valence-electron chi connectivity index (χ2n) is 4.10. The number of nitrogens with zero attached hydrogens (tertiary/aromatic N) is 1. The van der Waals surface area contributed by atoms with Gasteiger partial charge in [0.05, 0.1) is 0 Å². The molecule has 1 N–H and O–H groups in total. The molecule has 1 fully saturated rings. The molecule has 0 heterocycles. The van der Waals surface area contributed by atoms with Crippen molar-refractivity contribution in [2.75, 3.05) is 17.3 Å². The van der Waals surface area contributed by atoms with E-state index in [1.165, 1.54) is 12.8 Å². The Balaban J connectivity index is 2.15. The highest BCUT2D eigenvalue weighted by molar-refractivity contribution is 6.29. The predicted octanol–water partition coefficient (Wildman–Crippen LogP) is 2.37. The summed E-state index contributed by atoms with van der Waals surface area (Å²) < 4.78 is 0. The molecule has 1 aliphatic carbocycles. The van der Waals surface area contributed by atoms with Crippen LogP contribution >= 0.6 is 11.6 Å². The molecule has 0 unspecified atom stereocenters. The Labute approximate surface area is 99.6 Å². The molecule has 1 saturated carbocycles. The van der Waals surface area contributed by atoms with E-state index in [-0.39, 0.29) is 17.5 Å². The molecule has 3 nitrogen and oxygen atoms in total. The molecule has 1 aromatic carbocycles. The Kier molecular flexibility index (Phi) is 3.34. The van der Waals surface area contributed by atoms with E-state index < -0.39 is 0 Å². The van der Waals surface area contributed by atoms with Gasteiger partial charge in [0.1, 0.15) is 11.6 Å². The topological polar surface area (TPSA) is 40.5 Å². The minimum absolute atomic E-state index is 0.00635. The van der Waals surface area contributed by atoms with Crippen molar-refractivity contribution in [2.45, 2.75) is 12.8 Å². The number of halogens is 1. The minimum atomic E-state index is -0.0840. The van der Waals surface area contributed by atoms with Crippen LogP contribution in [0.25, 0.3) is 0 Å². The van der Waals surface area contributed by atoms with Crippen molar-refractivity contribution in [3.05, 3.63) is 24.3 Å². The van der Waals surface area contributed by atoms with Gasteiger partial charge in [0.25, 0.3) is 0 Å². The van der Waals surface area contributed by atoms with Gasteiger partial charge in [-0.2, -0.15) is 0 Å². The number of anilines is 1. The van der Waals surface area contributed by atoms with E-state index in [0.717, 1.165) is 12.2 Å². The van der Waals surface area contributed by atoms with Crippen LogP contribution in [0.15, 0.2) is 24.3 Å². The van der Waals surface area contributed by atoms with Gasteiger partial charge in [-0.15, -0.1) is 11.6 Å². The SMILES string of the molecule is O=C(CCl)N(CC1CC1)c1ccc(O)cc1. The summed E-state index contributed by atoms with van der Waals surface area (Å²) in [6.07, 6.45) is 2.37. The van der Waals surface area contributed by atoms with Gasteiger partial charge in [0, 0.05) is 12.2 Å². The average molecular weight is 240 g/mol. The van der Waals surface area contributed by atoms with E-state index >= 15 is 0 Å². The molecule has 4 heteroatoms. The Morgan fingerprint density at radius 2 is 2.00 bits per heavy atom. The summed E-state index contributed by atoms with van der Waals surface area (Å²) in [6, 6.07) is 6.64. The number of aromatic hydroxyl groups is 1. The van der Waals surface area contributed by atoms with Crippen LogP contribution < -0.4 is 4.90 Å². The molecular weight excluding hydrogens is 226 g/mol. The number of alkyl halides is 1. The second-order valence-corrected chi connectivity index (χ2v) is 4.37. The molecule has 0 spiro atoms. The summed E-state index contributed by atoms with van der Waals surface area (Å²) in [6.45, 7) is 0.732. The van der Waals surface area contributed by atoms with E-state index in [0.29, 0.717) is 5.92 Å². The first-order chi connectivity index (χ1) is 7.70. The van der Waals surface area contributed by atoms with Crippen LogP contribution in [0.1, 0.15) is 12.8 Å². The van der Waals surface area contributed by atoms with Crippen molar-refractivity contribution in [3.63, 3.8) is 0 Å². The van der Waals surface area contributed by atoms with E-state index in [9.17, 15) is 9.90 Å². The summed E-state index contributed by atoms with van der Waals surface area (Å²) in [5.74, 6) is 0.724.